The normalized spacial score (nSPS) is 27.7. The molecule has 1 saturated carbocycles. The standard InChI is InChI=1S/C17H22N4O2/c1-3-16(22)18-10-12-8-11(2)9-15(17(12)23)21-19-13-6-4-5-7-14(13)20-21/h3-7,11-12,15,17,23H,1,8-10H2,2H3,(H,18,22). The molecule has 1 amide bonds. The number of rotatable bonds is 4. The van der Waals surface area contributed by atoms with Gasteiger partial charge in [-0.2, -0.15) is 15.0 Å². The minimum Gasteiger partial charge on any atom is -0.390 e. The first-order valence-electron chi connectivity index (χ1n) is 7.98. The molecule has 0 radical (unpaired) electrons. The van der Waals surface area contributed by atoms with Crippen LogP contribution < -0.4 is 5.32 Å². The fraction of sp³-hybridized carbons (Fsp3) is 0.471. The van der Waals surface area contributed by atoms with Crippen molar-refractivity contribution in [2.45, 2.75) is 31.9 Å². The molecule has 122 valence electrons. The Kier molecular flexibility index (Phi) is 4.43. The summed E-state index contributed by atoms with van der Waals surface area (Å²) in [4.78, 5) is 13.0. The second-order valence-electron chi connectivity index (χ2n) is 6.35. The van der Waals surface area contributed by atoms with Crippen molar-refractivity contribution in [1.29, 1.82) is 0 Å². The molecule has 0 aliphatic heterocycles. The first kappa shape index (κ1) is 15.7. The molecule has 1 heterocycles. The van der Waals surface area contributed by atoms with Gasteiger partial charge in [-0.3, -0.25) is 4.79 Å². The van der Waals surface area contributed by atoms with E-state index in [1.807, 2.05) is 24.3 Å². The van der Waals surface area contributed by atoms with Gasteiger partial charge in [-0.25, -0.2) is 0 Å². The van der Waals surface area contributed by atoms with E-state index in [0.29, 0.717) is 12.5 Å². The summed E-state index contributed by atoms with van der Waals surface area (Å²) in [6.45, 7) is 6.04. The van der Waals surface area contributed by atoms with Gasteiger partial charge in [-0.1, -0.05) is 25.6 Å². The molecular formula is C17H22N4O2. The van der Waals surface area contributed by atoms with E-state index >= 15 is 0 Å². The van der Waals surface area contributed by atoms with Gasteiger partial charge in [-0.15, -0.1) is 0 Å². The molecule has 1 fully saturated rings. The van der Waals surface area contributed by atoms with Crippen molar-refractivity contribution in [2.75, 3.05) is 6.54 Å². The Balaban J connectivity index is 1.80. The molecule has 0 saturated heterocycles. The fourth-order valence-electron chi connectivity index (χ4n) is 3.38. The number of aliphatic hydroxyl groups is 1. The summed E-state index contributed by atoms with van der Waals surface area (Å²) < 4.78 is 0. The number of amides is 1. The van der Waals surface area contributed by atoms with Gasteiger partial charge in [0.15, 0.2) is 0 Å². The van der Waals surface area contributed by atoms with Crippen LogP contribution in [0.15, 0.2) is 36.9 Å². The number of aliphatic hydroxyl groups excluding tert-OH is 1. The first-order valence-corrected chi connectivity index (χ1v) is 7.98. The third-order valence-corrected chi connectivity index (χ3v) is 4.55. The maximum atomic E-state index is 11.4. The van der Waals surface area contributed by atoms with Crippen LogP contribution in [0.1, 0.15) is 25.8 Å². The predicted molar refractivity (Wildman–Crippen MR) is 87.7 cm³/mol. The quantitative estimate of drug-likeness (QED) is 0.842. The van der Waals surface area contributed by atoms with Crippen LogP contribution in [0.25, 0.3) is 11.0 Å². The zero-order valence-electron chi connectivity index (χ0n) is 13.2. The number of hydrogen-bond donors (Lipinski definition) is 2. The lowest BCUT2D eigenvalue weighted by Gasteiger charge is -2.37. The van der Waals surface area contributed by atoms with E-state index < -0.39 is 6.10 Å². The molecule has 1 aliphatic carbocycles. The van der Waals surface area contributed by atoms with Crippen molar-refractivity contribution >= 4 is 16.9 Å². The minimum atomic E-state index is -0.585. The molecular weight excluding hydrogens is 292 g/mol. The number of hydrogen-bond acceptors (Lipinski definition) is 4. The average Bonchev–Trinajstić information content (AvgIpc) is 2.98. The number of carbonyl (C=O) groups is 1. The van der Waals surface area contributed by atoms with Crippen molar-refractivity contribution in [2.24, 2.45) is 11.8 Å². The maximum absolute atomic E-state index is 11.4. The highest BCUT2D eigenvalue weighted by Crippen LogP contribution is 2.36. The lowest BCUT2D eigenvalue weighted by atomic mass is 9.77. The Morgan fingerprint density at radius 3 is 2.65 bits per heavy atom. The van der Waals surface area contributed by atoms with Crippen LogP contribution in [0.4, 0.5) is 0 Å². The van der Waals surface area contributed by atoms with Crippen molar-refractivity contribution in [3.63, 3.8) is 0 Å². The third kappa shape index (κ3) is 3.27. The minimum absolute atomic E-state index is 0.0123. The van der Waals surface area contributed by atoms with Crippen molar-refractivity contribution in [3.05, 3.63) is 36.9 Å². The van der Waals surface area contributed by atoms with Gasteiger partial charge in [0.2, 0.25) is 5.91 Å². The van der Waals surface area contributed by atoms with Gasteiger partial charge < -0.3 is 10.4 Å². The highest BCUT2D eigenvalue weighted by atomic mass is 16.3. The fourth-order valence-corrected chi connectivity index (χ4v) is 3.38. The van der Waals surface area contributed by atoms with Crippen LogP contribution in [0.5, 0.6) is 0 Å². The Labute approximate surface area is 135 Å². The monoisotopic (exact) mass is 314 g/mol. The summed E-state index contributed by atoms with van der Waals surface area (Å²) in [5, 5.41) is 22.5. The number of fused-ring (bicyclic) bond motifs is 1. The molecule has 4 atom stereocenters. The Hall–Kier alpha value is -2.21. The number of nitrogens with one attached hydrogen (secondary N) is 1. The molecule has 2 N–H and O–H groups in total. The number of benzene rings is 1. The van der Waals surface area contributed by atoms with Crippen LogP contribution in [-0.2, 0) is 4.79 Å². The SMILES string of the molecule is C=CC(=O)NCC1CC(C)CC(n2nc3ccccc3n2)C1O. The molecule has 1 aromatic carbocycles. The number of nitrogens with zero attached hydrogens (tertiary/aromatic N) is 3. The molecule has 6 nitrogen and oxygen atoms in total. The van der Waals surface area contributed by atoms with E-state index in [4.69, 9.17) is 0 Å². The van der Waals surface area contributed by atoms with Crippen LogP contribution in [0.2, 0.25) is 0 Å². The van der Waals surface area contributed by atoms with Crippen LogP contribution in [-0.4, -0.2) is 38.7 Å². The lowest BCUT2D eigenvalue weighted by molar-refractivity contribution is -0.117. The van der Waals surface area contributed by atoms with Crippen LogP contribution in [0.3, 0.4) is 0 Å². The van der Waals surface area contributed by atoms with Crippen LogP contribution in [0, 0.1) is 11.8 Å². The summed E-state index contributed by atoms with van der Waals surface area (Å²) in [6.07, 6.45) is 2.36. The molecule has 2 aromatic rings. The maximum Gasteiger partial charge on any atom is 0.243 e. The Morgan fingerprint density at radius 1 is 1.39 bits per heavy atom. The molecule has 1 aromatic heterocycles. The smallest absolute Gasteiger partial charge is 0.243 e. The largest absolute Gasteiger partial charge is 0.390 e. The molecule has 23 heavy (non-hydrogen) atoms. The summed E-state index contributed by atoms with van der Waals surface area (Å²) in [7, 11) is 0. The first-order chi connectivity index (χ1) is 11.1. The van der Waals surface area contributed by atoms with Gasteiger partial charge >= 0.3 is 0 Å². The van der Waals surface area contributed by atoms with Gasteiger partial charge in [0.25, 0.3) is 0 Å². The van der Waals surface area contributed by atoms with Crippen molar-refractivity contribution < 1.29 is 9.90 Å². The number of aromatic nitrogens is 3. The van der Waals surface area contributed by atoms with Gasteiger partial charge in [0.1, 0.15) is 11.0 Å². The molecule has 4 unspecified atom stereocenters. The highest BCUT2D eigenvalue weighted by molar-refractivity contribution is 5.86. The average molecular weight is 314 g/mol. The zero-order valence-corrected chi connectivity index (χ0v) is 13.2. The molecule has 0 bridgehead atoms. The second-order valence-corrected chi connectivity index (χ2v) is 6.35. The molecule has 0 spiro atoms. The van der Waals surface area contributed by atoms with E-state index in [-0.39, 0.29) is 17.9 Å². The summed E-state index contributed by atoms with van der Waals surface area (Å²) in [6, 6.07) is 7.51. The highest BCUT2D eigenvalue weighted by Gasteiger charge is 2.37. The van der Waals surface area contributed by atoms with E-state index in [9.17, 15) is 9.90 Å². The Bertz CT molecular complexity index is 678. The van der Waals surface area contributed by atoms with E-state index in [0.717, 1.165) is 23.9 Å². The number of carbonyl (C=O) groups excluding carboxylic acids is 1. The van der Waals surface area contributed by atoms with Gasteiger partial charge in [0, 0.05) is 12.5 Å². The lowest BCUT2D eigenvalue weighted by Crippen LogP contribution is -2.44. The zero-order chi connectivity index (χ0) is 16.4. The molecule has 6 heteroatoms. The van der Waals surface area contributed by atoms with Gasteiger partial charge in [0.05, 0.1) is 12.1 Å². The van der Waals surface area contributed by atoms with E-state index in [1.54, 1.807) is 4.80 Å². The summed E-state index contributed by atoms with van der Waals surface area (Å²) in [5.41, 5.74) is 1.66. The van der Waals surface area contributed by atoms with Gasteiger partial charge in [-0.05, 0) is 37.0 Å². The predicted octanol–water partition coefficient (Wildman–Crippen LogP) is 1.68. The van der Waals surface area contributed by atoms with Crippen molar-refractivity contribution in [3.8, 4) is 0 Å². The topological polar surface area (TPSA) is 80.0 Å². The Morgan fingerprint density at radius 2 is 2.04 bits per heavy atom. The summed E-state index contributed by atoms with van der Waals surface area (Å²) in [5.74, 6) is 0.208. The van der Waals surface area contributed by atoms with Crippen LogP contribution >= 0.6 is 0 Å². The third-order valence-electron chi connectivity index (χ3n) is 4.55. The van der Waals surface area contributed by atoms with E-state index in [2.05, 4.69) is 29.0 Å². The molecule has 1 aliphatic rings. The molecule has 3 rings (SSSR count). The van der Waals surface area contributed by atoms with Crippen molar-refractivity contribution in [1.82, 2.24) is 20.3 Å². The second kappa shape index (κ2) is 6.50. The van der Waals surface area contributed by atoms with E-state index in [1.165, 1.54) is 6.08 Å². The summed E-state index contributed by atoms with van der Waals surface area (Å²) >= 11 is 0.